The van der Waals surface area contributed by atoms with Crippen molar-refractivity contribution >= 4 is 17.0 Å². The number of imidazole rings is 1. The van der Waals surface area contributed by atoms with Crippen LogP contribution in [0.25, 0.3) is 11.0 Å². The van der Waals surface area contributed by atoms with Crippen LogP contribution in [0.2, 0.25) is 0 Å². The molecule has 0 unspecified atom stereocenters. The highest BCUT2D eigenvalue weighted by molar-refractivity contribution is 5.79. The Balaban J connectivity index is 1.42. The zero-order valence-electron chi connectivity index (χ0n) is 17.5. The molecule has 0 spiro atoms. The van der Waals surface area contributed by atoms with Crippen LogP contribution < -0.4 is 15.4 Å². The highest BCUT2D eigenvalue weighted by Crippen LogP contribution is 2.19. The van der Waals surface area contributed by atoms with Crippen molar-refractivity contribution in [3.63, 3.8) is 0 Å². The smallest absolute Gasteiger partial charge is 0.422 e. The highest BCUT2D eigenvalue weighted by atomic mass is 19.4. The normalized spacial score (nSPS) is 12.2. The SMILES string of the molecule is CN=C(NCCCn1c(C)nc2ccccc21)NCc1ccc(OCC(F)(F)F)cc1. The Bertz CT molecular complexity index is 1010. The maximum Gasteiger partial charge on any atom is 0.422 e. The molecule has 0 radical (unpaired) electrons. The Morgan fingerprint density at radius 1 is 1.10 bits per heavy atom. The van der Waals surface area contributed by atoms with E-state index in [-0.39, 0.29) is 5.75 Å². The molecule has 2 N–H and O–H groups in total. The van der Waals surface area contributed by atoms with Crippen LogP contribution in [-0.4, -0.2) is 41.9 Å². The number of guanidine groups is 1. The van der Waals surface area contributed by atoms with Crippen molar-refractivity contribution in [2.45, 2.75) is 32.6 Å². The summed E-state index contributed by atoms with van der Waals surface area (Å²) in [5.41, 5.74) is 3.04. The number of aromatic nitrogens is 2. The summed E-state index contributed by atoms with van der Waals surface area (Å²) in [7, 11) is 1.69. The minimum atomic E-state index is -4.35. The highest BCUT2D eigenvalue weighted by Gasteiger charge is 2.28. The van der Waals surface area contributed by atoms with Crippen molar-refractivity contribution < 1.29 is 17.9 Å². The molecule has 0 saturated carbocycles. The Kier molecular flexibility index (Phi) is 7.38. The van der Waals surface area contributed by atoms with E-state index in [1.165, 1.54) is 12.1 Å². The molecule has 0 aliphatic heterocycles. The van der Waals surface area contributed by atoms with Crippen LogP contribution in [0.5, 0.6) is 5.75 Å². The van der Waals surface area contributed by atoms with Gasteiger partial charge in [-0.2, -0.15) is 13.2 Å². The number of nitrogens with zero attached hydrogens (tertiary/aromatic N) is 3. The lowest BCUT2D eigenvalue weighted by Crippen LogP contribution is -2.37. The predicted molar refractivity (Wildman–Crippen MR) is 115 cm³/mol. The first-order valence-electron chi connectivity index (χ1n) is 10.0. The molecule has 0 amide bonds. The molecule has 166 valence electrons. The second kappa shape index (κ2) is 10.2. The summed E-state index contributed by atoms with van der Waals surface area (Å²) < 4.78 is 43.5. The third-order valence-electron chi connectivity index (χ3n) is 4.71. The number of para-hydroxylation sites is 2. The van der Waals surface area contributed by atoms with Crippen molar-refractivity contribution in [2.75, 3.05) is 20.2 Å². The molecule has 0 aliphatic carbocycles. The van der Waals surface area contributed by atoms with Crippen LogP contribution in [0.4, 0.5) is 13.2 Å². The van der Waals surface area contributed by atoms with Gasteiger partial charge in [-0.05, 0) is 43.2 Å². The number of nitrogens with one attached hydrogen (secondary N) is 2. The Morgan fingerprint density at radius 3 is 2.55 bits per heavy atom. The first-order chi connectivity index (χ1) is 14.9. The first kappa shape index (κ1) is 22.5. The predicted octanol–water partition coefficient (Wildman–Crippen LogP) is 4.04. The zero-order valence-corrected chi connectivity index (χ0v) is 17.5. The van der Waals surface area contributed by atoms with Crippen LogP contribution in [0.15, 0.2) is 53.5 Å². The Labute approximate surface area is 179 Å². The maximum atomic E-state index is 12.2. The molecule has 3 aromatic rings. The average molecular weight is 433 g/mol. The van der Waals surface area contributed by atoms with Gasteiger partial charge in [0.25, 0.3) is 0 Å². The van der Waals surface area contributed by atoms with Gasteiger partial charge in [0.15, 0.2) is 12.6 Å². The second-order valence-corrected chi connectivity index (χ2v) is 7.05. The number of halogens is 3. The molecule has 0 fully saturated rings. The van der Waals surface area contributed by atoms with Gasteiger partial charge in [0, 0.05) is 26.7 Å². The third kappa shape index (κ3) is 6.63. The van der Waals surface area contributed by atoms with E-state index in [9.17, 15) is 13.2 Å². The summed E-state index contributed by atoms with van der Waals surface area (Å²) in [6.07, 6.45) is -3.45. The molecule has 0 bridgehead atoms. The van der Waals surface area contributed by atoms with Crippen molar-refractivity contribution in [1.29, 1.82) is 0 Å². The molecular weight excluding hydrogens is 407 g/mol. The van der Waals surface area contributed by atoms with Crippen LogP contribution in [-0.2, 0) is 13.1 Å². The van der Waals surface area contributed by atoms with Gasteiger partial charge in [0.05, 0.1) is 11.0 Å². The fourth-order valence-electron chi connectivity index (χ4n) is 3.20. The molecule has 31 heavy (non-hydrogen) atoms. The lowest BCUT2D eigenvalue weighted by Gasteiger charge is -2.13. The summed E-state index contributed by atoms with van der Waals surface area (Å²) in [6.45, 7) is 2.78. The number of fused-ring (bicyclic) bond motifs is 1. The van der Waals surface area contributed by atoms with E-state index in [4.69, 9.17) is 4.74 Å². The van der Waals surface area contributed by atoms with Gasteiger partial charge in [-0.15, -0.1) is 0 Å². The summed E-state index contributed by atoms with van der Waals surface area (Å²) in [5.74, 6) is 1.84. The largest absolute Gasteiger partial charge is 0.484 e. The van der Waals surface area contributed by atoms with E-state index >= 15 is 0 Å². The Morgan fingerprint density at radius 2 is 1.84 bits per heavy atom. The molecule has 6 nitrogen and oxygen atoms in total. The van der Waals surface area contributed by atoms with Gasteiger partial charge in [-0.3, -0.25) is 4.99 Å². The standard InChI is InChI=1S/C22H26F3N5O/c1-16-29-19-6-3-4-7-20(19)30(16)13-5-12-27-21(26-2)28-14-17-8-10-18(11-9-17)31-15-22(23,24)25/h3-4,6-11H,5,12-15H2,1-2H3,(H2,26,27,28). The number of rotatable bonds is 8. The van der Waals surface area contributed by atoms with Crippen molar-refractivity contribution in [3.05, 3.63) is 59.9 Å². The van der Waals surface area contributed by atoms with Crippen LogP contribution in [0.3, 0.4) is 0 Å². The van der Waals surface area contributed by atoms with Gasteiger partial charge in [-0.25, -0.2) is 4.98 Å². The number of aryl methyl sites for hydroxylation is 2. The van der Waals surface area contributed by atoms with Gasteiger partial charge in [0.1, 0.15) is 11.6 Å². The molecule has 0 saturated heterocycles. The molecule has 1 heterocycles. The Hall–Kier alpha value is -3.23. The molecule has 2 aromatic carbocycles. The number of aliphatic imine (C=N–C) groups is 1. The quantitative estimate of drug-likeness (QED) is 0.320. The monoisotopic (exact) mass is 433 g/mol. The van der Waals surface area contributed by atoms with Crippen molar-refractivity contribution in [2.24, 2.45) is 4.99 Å². The fourth-order valence-corrected chi connectivity index (χ4v) is 3.20. The lowest BCUT2D eigenvalue weighted by molar-refractivity contribution is -0.153. The van der Waals surface area contributed by atoms with Gasteiger partial charge < -0.3 is 19.9 Å². The van der Waals surface area contributed by atoms with E-state index in [0.717, 1.165) is 41.9 Å². The van der Waals surface area contributed by atoms with Crippen LogP contribution in [0.1, 0.15) is 17.8 Å². The number of hydrogen-bond donors (Lipinski definition) is 2. The zero-order chi connectivity index (χ0) is 22.3. The summed E-state index contributed by atoms with van der Waals surface area (Å²) in [4.78, 5) is 8.78. The first-order valence-corrected chi connectivity index (χ1v) is 10.0. The second-order valence-electron chi connectivity index (χ2n) is 7.05. The lowest BCUT2D eigenvalue weighted by atomic mass is 10.2. The summed E-state index contributed by atoms with van der Waals surface area (Å²) in [5, 5.41) is 6.47. The summed E-state index contributed by atoms with van der Waals surface area (Å²) in [6, 6.07) is 14.6. The molecule has 3 rings (SSSR count). The van der Waals surface area contributed by atoms with E-state index in [1.54, 1.807) is 19.2 Å². The third-order valence-corrected chi connectivity index (χ3v) is 4.71. The minimum Gasteiger partial charge on any atom is -0.484 e. The molecule has 0 atom stereocenters. The topological polar surface area (TPSA) is 63.5 Å². The summed E-state index contributed by atoms with van der Waals surface area (Å²) >= 11 is 0. The van der Waals surface area contributed by atoms with E-state index in [2.05, 4.69) is 31.2 Å². The molecule has 1 aromatic heterocycles. The average Bonchev–Trinajstić information content (AvgIpc) is 3.07. The molecule has 0 aliphatic rings. The number of ether oxygens (including phenoxy) is 1. The van der Waals surface area contributed by atoms with Crippen LogP contribution >= 0.6 is 0 Å². The van der Waals surface area contributed by atoms with Crippen molar-refractivity contribution in [1.82, 2.24) is 20.2 Å². The van der Waals surface area contributed by atoms with Gasteiger partial charge >= 0.3 is 6.18 Å². The van der Waals surface area contributed by atoms with Gasteiger partial charge in [0.2, 0.25) is 0 Å². The molecule has 9 heteroatoms. The van der Waals surface area contributed by atoms with Crippen molar-refractivity contribution in [3.8, 4) is 5.75 Å². The van der Waals surface area contributed by atoms with Crippen LogP contribution in [0, 0.1) is 6.92 Å². The number of alkyl halides is 3. The maximum absolute atomic E-state index is 12.2. The fraction of sp³-hybridized carbons (Fsp3) is 0.364. The van der Waals surface area contributed by atoms with E-state index in [0.29, 0.717) is 12.5 Å². The van der Waals surface area contributed by atoms with E-state index < -0.39 is 12.8 Å². The minimum absolute atomic E-state index is 0.186. The number of hydrogen-bond acceptors (Lipinski definition) is 3. The van der Waals surface area contributed by atoms with Gasteiger partial charge in [-0.1, -0.05) is 24.3 Å². The number of benzene rings is 2. The molecular formula is C22H26F3N5O. The van der Waals surface area contributed by atoms with E-state index in [1.807, 2.05) is 25.1 Å².